The van der Waals surface area contributed by atoms with Gasteiger partial charge in [0.05, 0.1) is 11.0 Å². The number of benzene rings is 1. The second-order valence-electron chi connectivity index (χ2n) is 2.60. The van der Waals surface area contributed by atoms with E-state index in [0.29, 0.717) is 5.95 Å². The number of fused-ring (bicyclic) bond motifs is 1. The summed E-state index contributed by atoms with van der Waals surface area (Å²) in [5.74, 6) is 0.666. The van der Waals surface area contributed by atoms with Crippen molar-refractivity contribution in [2.45, 2.75) is 6.92 Å². The third-order valence-electron chi connectivity index (χ3n) is 1.69. The largest absolute Gasteiger partial charge is 0.323 e. The molecule has 0 fully saturated rings. The molecule has 13 heavy (non-hydrogen) atoms. The first kappa shape index (κ1) is 7.79. The lowest BCUT2D eigenvalue weighted by atomic mass is 10.3. The minimum absolute atomic E-state index is 0.666. The minimum atomic E-state index is 0.666. The van der Waals surface area contributed by atoms with E-state index in [9.17, 15) is 0 Å². The molecular weight excluding hydrogens is 164 g/mol. The minimum Gasteiger partial charge on any atom is -0.323 e. The van der Waals surface area contributed by atoms with Gasteiger partial charge < -0.3 is 4.98 Å². The zero-order valence-corrected chi connectivity index (χ0v) is 7.28. The zero-order valence-electron chi connectivity index (χ0n) is 7.28. The molecule has 0 saturated heterocycles. The Bertz CT molecular complexity index is 397. The lowest BCUT2D eigenvalue weighted by Crippen LogP contribution is -1.89. The van der Waals surface area contributed by atoms with Gasteiger partial charge in [0.1, 0.15) is 0 Å². The average molecular weight is 174 g/mol. The van der Waals surface area contributed by atoms with Gasteiger partial charge in [0.25, 0.3) is 0 Å². The van der Waals surface area contributed by atoms with Gasteiger partial charge in [-0.2, -0.15) is 5.10 Å². The van der Waals surface area contributed by atoms with Crippen molar-refractivity contribution in [3.8, 4) is 0 Å². The summed E-state index contributed by atoms with van der Waals surface area (Å²) in [4.78, 5) is 7.36. The van der Waals surface area contributed by atoms with Gasteiger partial charge in [-0.15, -0.1) is 0 Å². The number of nitrogens with zero attached hydrogens (tertiary/aromatic N) is 2. The maximum atomic E-state index is 4.27. The predicted octanol–water partition coefficient (Wildman–Crippen LogP) is 1.98. The summed E-state index contributed by atoms with van der Waals surface area (Å²) in [6.07, 6.45) is 1.67. The molecule has 1 aromatic carbocycles. The molecule has 0 aliphatic heterocycles. The van der Waals surface area contributed by atoms with Gasteiger partial charge in [-0.25, -0.2) is 10.4 Å². The van der Waals surface area contributed by atoms with Crippen LogP contribution < -0.4 is 5.43 Å². The van der Waals surface area contributed by atoms with Crippen LogP contribution in [0.3, 0.4) is 0 Å². The molecule has 2 aromatic rings. The Morgan fingerprint density at radius 1 is 1.46 bits per heavy atom. The summed E-state index contributed by atoms with van der Waals surface area (Å²) in [6, 6.07) is 7.85. The highest BCUT2D eigenvalue weighted by molar-refractivity contribution is 5.77. The zero-order chi connectivity index (χ0) is 9.10. The Morgan fingerprint density at radius 3 is 3.08 bits per heavy atom. The number of nitrogens with one attached hydrogen (secondary N) is 2. The SMILES string of the molecule is C/C=N\Nc1nc2ccccc2[nH]1. The van der Waals surface area contributed by atoms with E-state index >= 15 is 0 Å². The second kappa shape index (κ2) is 3.26. The van der Waals surface area contributed by atoms with E-state index in [1.54, 1.807) is 6.21 Å². The number of hydrazone groups is 1. The van der Waals surface area contributed by atoms with E-state index in [4.69, 9.17) is 0 Å². The number of hydrogen-bond acceptors (Lipinski definition) is 3. The number of hydrogen-bond donors (Lipinski definition) is 2. The first-order valence-corrected chi connectivity index (χ1v) is 4.08. The van der Waals surface area contributed by atoms with Crippen LogP contribution in [0.2, 0.25) is 0 Å². The van der Waals surface area contributed by atoms with Gasteiger partial charge in [0.2, 0.25) is 5.95 Å². The lowest BCUT2D eigenvalue weighted by molar-refractivity contribution is 1.21. The highest BCUT2D eigenvalue weighted by Crippen LogP contribution is 2.12. The average Bonchev–Trinajstić information content (AvgIpc) is 2.57. The molecule has 0 bridgehead atoms. The number of imidazole rings is 1. The van der Waals surface area contributed by atoms with Crippen molar-refractivity contribution in [2.24, 2.45) is 5.10 Å². The molecule has 0 amide bonds. The summed E-state index contributed by atoms with van der Waals surface area (Å²) in [5, 5.41) is 3.87. The topological polar surface area (TPSA) is 53.1 Å². The predicted molar refractivity (Wildman–Crippen MR) is 53.9 cm³/mol. The summed E-state index contributed by atoms with van der Waals surface area (Å²) in [5.41, 5.74) is 4.74. The van der Waals surface area contributed by atoms with Crippen molar-refractivity contribution < 1.29 is 0 Å². The van der Waals surface area contributed by atoms with Crippen LogP contribution in [0.4, 0.5) is 5.95 Å². The number of aromatic amines is 1. The molecule has 66 valence electrons. The van der Waals surface area contributed by atoms with Crippen LogP contribution in [0.25, 0.3) is 11.0 Å². The third-order valence-corrected chi connectivity index (χ3v) is 1.69. The fraction of sp³-hybridized carbons (Fsp3) is 0.111. The molecule has 0 spiro atoms. The van der Waals surface area contributed by atoms with Crippen LogP contribution in [0.1, 0.15) is 6.92 Å². The summed E-state index contributed by atoms with van der Waals surface area (Å²) < 4.78 is 0. The standard InChI is InChI=1S/C9H10N4/c1-2-10-13-9-11-7-5-3-4-6-8(7)12-9/h2-6H,1H3,(H2,11,12,13)/b10-2-. The molecule has 0 atom stereocenters. The van der Waals surface area contributed by atoms with Crippen molar-refractivity contribution in [1.82, 2.24) is 9.97 Å². The van der Waals surface area contributed by atoms with E-state index in [1.165, 1.54) is 0 Å². The fourth-order valence-corrected chi connectivity index (χ4v) is 1.13. The quantitative estimate of drug-likeness (QED) is 0.540. The molecule has 1 aromatic heterocycles. The van der Waals surface area contributed by atoms with Crippen molar-refractivity contribution in [3.05, 3.63) is 24.3 Å². The smallest absolute Gasteiger partial charge is 0.222 e. The van der Waals surface area contributed by atoms with Gasteiger partial charge >= 0.3 is 0 Å². The van der Waals surface area contributed by atoms with E-state index in [0.717, 1.165) is 11.0 Å². The molecule has 0 aliphatic rings. The highest BCUT2D eigenvalue weighted by Gasteiger charge is 1.98. The molecule has 1 heterocycles. The van der Waals surface area contributed by atoms with E-state index in [2.05, 4.69) is 20.5 Å². The van der Waals surface area contributed by atoms with Crippen LogP contribution in [0.15, 0.2) is 29.4 Å². The molecule has 4 heteroatoms. The first-order valence-electron chi connectivity index (χ1n) is 4.08. The Hall–Kier alpha value is -1.84. The molecule has 0 unspecified atom stereocenters. The molecule has 0 aliphatic carbocycles. The number of H-pyrrole nitrogens is 1. The Labute approximate surface area is 75.7 Å². The lowest BCUT2D eigenvalue weighted by Gasteiger charge is -1.89. The number of para-hydroxylation sites is 2. The van der Waals surface area contributed by atoms with Crippen molar-refractivity contribution >= 4 is 23.2 Å². The van der Waals surface area contributed by atoms with E-state index < -0.39 is 0 Å². The Morgan fingerprint density at radius 2 is 2.31 bits per heavy atom. The third kappa shape index (κ3) is 1.51. The van der Waals surface area contributed by atoms with Crippen LogP contribution in [-0.4, -0.2) is 16.2 Å². The number of rotatable bonds is 2. The van der Waals surface area contributed by atoms with Gasteiger partial charge in [-0.05, 0) is 19.1 Å². The van der Waals surface area contributed by atoms with Crippen LogP contribution >= 0.6 is 0 Å². The number of aromatic nitrogens is 2. The normalized spacial score (nSPS) is 11.2. The molecule has 2 rings (SSSR count). The van der Waals surface area contributed by atoms with Gasteiger partial charge in [-0.1, -0.05) is 12.1 Å². The van der Waals surface area contributed by atoms with E-state index in [-0.39, 0.29) is 0 Å². The van der Waals surface area contributed by atoms with Crippen LogP contribution in [0, 0.1) is 0 Å². The second-order valence-corrected chi connectivity index (χ2v) is 2.60. The van der Waals surface area contributed by atoms with Crippen molar-refractivity contribution in [1.29, 1.82) is 0 Å². The highest BCUT2D eigenvalue weighted by atomic mass is 15.3. The summed E-state index contributed by atoms with van der Waals surface area (Å²) in [6.45, 7) is 1.84. The maximum Gasteiger partial charge on any atom is 0.222 e. The van der Waals surface area contributed by atoms with Crippen molar-refractivity contribution in [3.63, 3.8) is 0 Å². The van der Waals surface area contributed by atoms with Crippen molar-refractivity contribution in [2.75, 3.05) is 5.43 Å². The molecular formula is C9H10N4. The fourth-order valence-electron chi connectivity index (χ4n) is 1.13. The maximum absolute atomic E-state index is 4.27. The monoisotopic (exact) mass is 174 g/mol. The van der Waals surface area contributed by atoms with Gasteiger partial charge in [-0.3, -0.25) is 0 Å². The van der Waals surface area contributed by atoms with Gasteiger partial charge in [0, 0.05) is 6.21 Å². The van der Waals surface area contributed by atoms with Gasteiger partial charge in [0.15, 0.2) is 0 Å². The Balaban J connectivity index is 2.38. The molecule has 2 N–H and O–H groups in total. The first-order chi connectivity index (χ1) is 6.40. The summed E-state index contributed by atoms with van der Waals surface area (Å²) in [7, 11) is 0. The molecule has 0 radical (unpaired) electrons. The van der Waals surface area contributed by atoms with Crippen LogP contribution in [0.5, 0.6) is 0 Å². The summed E-state index contributed by atoms with van der Waals surface area (Å²) >= 11 is 0. The van der Waals surface area contributed by atoms with Crippen LogP contribution in [-0.2, 0) is 0 Å². The number of anilines is 1. The van der Waals surface area contributed by atoms with E-state index in [1.807, 2.05) is 31.2 Å². The Kier molecular flexibility index (Phi) is 1.96. The molecule has 0 saturated carbocycles. The molecule has 4 nitrogen and oxygen atoms in total.